The summed E-state index contributed by atoms with van der Waals surface area (Å²) in [5.41, 5.74) is 4.56. The van der Waals surface area contributed by atoms with Crippen LogP contribution < -0.4 is 0 Å². The molecule has 150 valence electrons. The van der Waals surface area contributed by atoms with Crippen molar-refractivity contribution in [3.63, 3.8) is 0 Å². The maximum absolute atomic E-state index is 12.6. The van der Waals surface area contributed by atoms with Gasteiger partial charge in [0.1, 0.15) is 5.82 Å². The smallest absolute Gasteiger partial charge is 0.338 e. The normalized spacial score (nSPS) is 12.0. The molecule has 0 aliphatic carbocycles. The van der Waals surface area contributed by atoms with Gasteiger partial charge in [-0.25, -0.2) is 9.78 Å². The largest absolute Gasteiger partial charge is 0.451 e. The molecule has 0 fully saturated rings. The van der Waals surface area contributed by atoms with Gasteiger partial charge in [-0.1, -0.05) is 48.0 Å². The summed E-state index contributed by atoms with van der Waals surface area (Å²) >= 11 is 0. The molecule has 0 unspecified atom stereocenters. The molecule has 0 saturated carbocycles. The summed E-state index contributed by atoms with van der Waals surface area (Å²) in [5.74, 6) is 0.0510. The Labute approximate surface area is 174 Å². The van der Waals surface area contributed by atoms with Crippen molar-refractivity contribution >= 4 is 22.8 Å². The highest BCUT2D eigenvalue weighted by Crippen LogP contribution is 2.23. The van der Waals surface area contributed by atoms with Crippen LogP contribution in [0.3, 0.4) is 0 Å². The topological polar surface area (TPSA) is 61.2 Å². The molecule has 0 bridgehead atoms. The van der Waals surface area contributed by atoms with Crippen LogP contribution in [0.4, 0.5) is 0 Å². The number of benzene rings is 3. The van der Waals surface area contributed by atoms with E-state index in [0.29, 0.717) is 16.6 Å². The number of carbonyl (C=O) groups is 2. The van der Waals surface area contributed by atoms with Crippen LogP contribution in [0.2, 0.25) is 0 Å². The first-order chi connectivity index (χ1) is 14.4. The third-order valence-electron chi connectivity index (χ3n) is 5.06. The summed E-state index contributed by atoms with van der Waals surface area (Å²) in [4.78, 5) is 29.8. The molecule has 1 aromatic heterocycles. The van der Waals surface area contributed by atoms with E-state index in [0.717, 1.165) is 22.6 Å². The van der Waals surface area contributed by atoms with Gasteiger partial charge >= 0.3 is 5.97 Å². The number of Topliss-reactive ketones (excluding diaryl/α,β-unsaturated/α-hetero) is 1. The molecule has 4 rings (SSSR count). The summed E-state index contributed by atoms with van der Waals surface area (Å²) in [6.07, 6.45) is -0.875. The summed E-state index contributed by atoms with van der Waals surface area (Å²) in [6.45, 7) is 5.47. The summed E-state index contributed by atoms with van der Waals surface area (Å²) in [7, 11) is 0. The average Bonchev–Trinajstić information content (AvgIpc) is 3.09. The number of hydrogen-bond donors (Lipinski definition) is 0. The number of rotatable bonds is 5. The summed E-state index contributed by atoms with van der Waals surface area (Å²) in [6, 6.07) is 22.4. The molecule has 1 atom stereocenters. The highest BCUT2D eigenvalue weighted by molar-refractivity contribution is 6.02. The van der Waals surface area contributed by atoms with Gasteiger partial charge < -0.3 is 4.74 Å². The zero-order valence-corrected chi connectivity index (χ0v) is 17.1. The second kappa shape index (κ2) is 7.95. The lowest BCUT2D eigenvalue weighted by Gasteiger charge is -2.13. The van der Waals surface area contributed by atoms with Crippen molar-refractivity contribution in [2.24, 2.45) is 0 Å². The molecule has 0 radical (unpaired) electrons. The van der Waals surface area contributed by atoms with Gasteiger partial charge in [-0.3, -0.25) is 9.36 Å². The van der Waals surface area contributed by atoms with E-state index in [1.54, 1.807) is 31.2 Å². The number of carbonyl (C=O) groups excluding carboxylic acids is 2. The number of esters is 1. The van der Waals surface area contributed by atoms with E-state index in [1.165, 1.54) is 0 Å². The molecule has 0 aliphatic heterocycles. The van der Waals surface area contributed by atoms with Crippen LogP contribution in [0.25, 0.3) is 16.7 Å². The van der Waals surface area contributed by atoms with Gasteiger partial charge in [-0.15, -0.1) is 0 Å². The average molecular weight is 398 g/mol. The highest BCUT2D eigenvalue weighted by Gasteiger charge is 2.21. The molecule has 4 aromatic rings. The molecule has 5 nitrogen and oxygen atoms in total. The van der Waals surface area contributed by atoms with Crippen LogP contribution in [-0.4, -0.2) is 27.4 Å². The SMILES string of the molecule is Cc1ccc(C(=O)[C@@H](C)OC(=O)c2ccc3c(c2)nc(C)n3-c2ccccc2)cc1. The lowest BCUT2D eigenvalue weighted by Crippen LogP contribution is -2.24. The van der Waals surface area contributed by atoms with E-state index in [2.05, 4.69) is 4.98 Å². The Kier molecular flexibility index (Phi) is 5.19. The van der Waals surface area contributed by atoms with Gasteiger partial charge in [0.2, 0.25) is 5.78 Å². The van der Waals surface area contributed by atoms with Crippen molar-refractivity contribution < 1.29 is 14.3 Å². The van der Waals surface area contributed by atoms with Gasteiger partial charge in [0.05, 0.1) is 16.6 Å². The molecule has 1 heterocycles. The number of aryl methyl sites for hydroxylation is 2. The number of ketones is 1. The first-order valence-corrected chi connectivity index (χ1v) is 9.80. The third kappa shape index (κ3) is 3.74. The minimum atomic E-state index is -0.875. The first-order valence-electron chi connectivity index (χ1n) is 9.80. The fourth-order valence-electron chi connectivity index (χ4n) is 3.47. The van der Waals surface area contributed by atoms with E-state index in [9.17, 15) is 9.59 Å². The Morgan fingerprint density at radius 3 is 2.27 bits per heavy atom. The van der Waals surface area contributed by atoms with E-state index < -0.39 is 12.1 Å². The van der Waals surface area contributed by atoms with E-state index >= 15 is 0 Å². The van der Waals surface area contributed by atoms with E-state index in [4.69, 9.17) is 4.74 Å². The number of aromatic nitrogens is 2. The molecular weight excluding hydrogens is 376 g/mol. The minimum Gasteiger partial charge on any atom is -0.451 e. The number of fused-ring (bicyclic) bond motifs is 1. The molecular formula is C25H22N2O3. The lowest BCUT2D eigenvalue weighted by molar-refractivity contribution is 0.0319. The predicted octanol–water partition coefficient (Wildman–Crippen LogP) is 5.07. The van der Waals surface area contributed by atoms with Gasteiger partial charge in [-0.2, -0.15) is 0 Å². The van der Waals surface area contributed by atoms with E-state index in [-0.39, 0.29) is 5.78 Å². The zero-order valence-electron chi connectivity index (χ0n) is 17.1. The highest BCUT2D eigenvalue weighted by atomic mass is 16.5. The quantitative estimate of drug-likeness (QED) is 0.348. The second-order valence-electron chi connectivity index (χ2n) is 7.31. The molecule has 0 spiro atoms. The van der Waals surface area contributed by atoms with Gasteiger partial charge in [0, 0.05) is 11.3 Å². The Morgan fingerprint density at radius 2 is 1.57 bits per heavy atom. The van der Waals surface area contributed by atoms with E-state index in [1.807, 2.05) is 66.9 Å². The summed E-state index contributed by atoms with van der Waals surface area (Å²) < 4.78 is 7.47. The monoisotopic (exact) mass is 398 g/mol. The zero-order chi connectivity index (χ0) is 21.3. The predicted molar refractivity (Wildman–Crippen MR) is 116 cm³/mol. The molecule has 0 N–H and O–H groups in total. The van der Waals surface area contributed by atoms with Crippen LogP contribution in [-0.2, 0) is 4.74 Å². The molecule has 30 heavy (non-hydrogen) atoms. The molecule has 5 heteroatoms. The molecule has 0 aliphatic rings. The van der Waals surface area contributed by atoms with Crippen molar-refractivity contribution in [2.45, 2.75) is 26.9 Å². The van der Waals surface area contributed by atoms with Gasteiger partial charge in [-0.05, 0) is 51.1 Å². The molecule has 0 amide bonds. The molecule has 3 aromatic carbocycles. The molecule has 0 saturated heterocycles. The Bertz CT molecular complexity index is 1220. The fourth-order valence-corrected chi connectivity index (χ4v) is 3.47. The van der Waals surface area contributed by atoms with Crippen molar-refractivity contribution in [3.05, 3.63) is 95.3 Å². The minimum absolute atomic E-state index is 0.228. The van der Waals surface area contributed by atoms with Crippen LogP contribution >= 0.6 is 0 Å². The van der Waals surface area contributed by atoms with Crippen molar-refractivity contribution in [1.82, 2.24) is 9.55 Å². The van der Waals surface area contributed by atoms with Gasteiger partial charge in [0.25, 0.3) is 0 Å². The summed E-state index contributed by atoms with van der Waals surface area (Å²) in [5, 5.41) is 0. The number of nitrogens with zero attached hydrogens (tertiary/aromatic N) is 2. The third-order valence-corrected chi connectivity index (χ3v) is 5.06. The Balaban J connectivity index is 1.56. The Morgan fingerprint density at radius 1 is 0.900 bits per heavy atom. The number of para-hydroxylation sites is 1. The lowest BCUT2D eigenvalue weighted by atomic mass is 10.1. The van der Waals surface area contributed by atoms with Crippen molar-refractivity contribution in [2.75, 3.05) is 0 Å². The van der Waals surface area contributed by atoms with Crippen LogP contribution in [0.15, 0.2) is 72.8 Å². The van der Waals surface area contributed by atoms with Crippen LogP contribution in [0.5, 0.6) is 0 Å². The van der Waals surface area contributed by atoms with Crippen LogP contribution in [0.1, 0.15) is 39.0 Å². The first kappa shape index (κ1) is 19.6. The van der Waals surface area contributed by atoms with Crippen molar-refractivity contribution in [1.29, 1.82) is 0 Å². The number of hydrogen-bond acceptors (Lipinski definition) is 4. The standard InChI is InChI=1S/C25H22N2O3/c1-16-9-11-19(12-10-16)24(28)17(2)30-25(29)20-13-14-23-22(15-20)26-18(3)27(23)21-7-5-4-6-8-21/h4-15,17H,1-3H3/t17-/m1/s1. The maximum atomic E-state index is 12.6. The fraction of sp³-hybridized carbons (Fsp3) is 0.160. The maximum Gasteiger partial charge on any atom is 0.338 e. The Hall–Kier alpha value is -3.73. The number of imidazole rings is 1. The second-order valence-corrected chi connectivity index (χ2v) is 7.31. The van der Waals surface area contributed by atoms with Crippen molar-refractivity contribution in [3.8, 4) is 5.69 Å². The number of ether oxygens (including phenoxy) is 1. The van der Waals surface area contributed by atoms with Crippen LogP contribution in [0, 0.1) is 13.8 Å². The van der Waals surface area contributed by atoms with Gasteiger partial charge in [0.15, 0.2) is 6.10 Å².